The minimum absolute atomic E-state index is 0.103. The normalized spacial score (nSPS) is 18.0. The smallest absolute Gasteiger partial charge is 0.189 e. The summed E-state index contributed by atoms with van der Waals surface area (Å²) in [6, 6.07) is 0. The van der Waals surface area contributed by atoms with Gasteiger partial charge in [0.05, 0.1) is 5.71 Å². The van der Waals surface area contributed by atoms with Crippen molar-refractivity contribution in [3.05, 3.63) is 11.8 Å². The highest BCUT2D eigenvalue weighted by molar-refractivity contribution is 6.00. The van der Waals surface area contributed by atoms with E-state index in [4.69, 9.17) is 0 Å². The summed E-state index contributed by atoms with van der Waals surface area (Å²) in [5, 5.41) is 3.34. The molecule has 0 fully saturated rings. The van der Waals surface area contributed by atoms with E-state index in [1.165, 1.54) is 0 Å². The fraction of sp³-hybridized carbons (Fsp3) is 0.667. The first-order chi connectivity index (χ1) is 6.96. The highest BCUT2D eigenvalue weighted by Crippen LogP contribution is 2.42. The van der Waals surface area contributed by atoms with E-state index in [-0.39, 0.29) is 5.71 Å². The third-order valence-corrected chi connectivity index (χ3v) is 1.99. The Hall–Kier alpha value is -1.14. The molecule has 0 saturated heterocycles. The maximum absolute atomic E-state index is 12.8. The quantitative estimate of drug-likeness (QED) is 0.631. The number of allylic oxidation sites excluding steroid dienone is 2. The predicted molar refractivity (Wildman–Crippen MR) is 48.1 cm³/mol. The second-order valence-electron chi connectivity index (χ2n) is 4.44. The molecule has 0 N–H and O–H groups in total. The molecular formula is C9H10F5N2. The van der Waals surface area contributed by atoms with Crippen molar-refractivity contribution in [2.45, 2.75) is 32.9 Å². The van der Waals surface area contributed by atoms with Crippen LogP contribution >= 0.6 is 0 Å². The van der Waals surface area contributed by atoms with Crippen LogP contribution in [0.25, 0.3) is 0 Å². The Morgan fingerprint density at radius 1 is 1.00 bits per heavy atom. The van der Waals surface area contributed by atoms with Crippen LogP contribution in [0.1, 0.15) is 20.8 Å². The van der Waals surface area contributed by atoms with E-state index in [0.717, 1.165) is 0 Å². The van der Waals surface area contributed by atoms with Gasteiger partial charge >= 0.3 is 12.1 Å². The van der Waals surface area contributed by atoms with E-state index in [0.29, 0.717) is 6.08 Å². The van der Waals surface area contributed by atoms with Crippen molar-refractivity contribution in [1.29, 1.82) is 0 Å². The van der Waals surface area contributed by atoms with Crippen LogP contribution in [0.2, 0.25) is 0 Å². The third-order valence-electron chi connectivity index (χ3n) is 1.99. The van der Waals surface area contributed by atoms with Crippen molar-refractivity contribution in [3.8, 4) is 0 Å². The minimum Gasteiger partial charge on any atom is -0.189 e. The van der Waals surface area contributed by atoms with Crippen molar-refractivity contribution >= 4 is 5.71 Å². The molecule has 2 nitrogen and oxygen atoms in total. The van der Waals surface area contributed by atoms with Crippen LogP contribution < -0.4 is 5.43 Å². The van der Waals surface area contributed by atoms with Gasteiger partial charge in [-0.2, -0.15) is 27.1 Å². The number of hydrogen-bond donors (Lipinski definition) is 0. The molecule has 0 bridgehead atoms. The van der Waals surface area contributed by atoms with E-state index in [9.17, 15) is 22.0 Å². The first kappa shape index (κ1) is 12.9. The zero-order chi connectivity index (χ0) is 12.8. The summed E-state index contributed by atoms with van der Waals surface area (Å²) in [6.45, 7) is 4.94. The molecule has 1 rings (SSSR count). The van der Waals surface area contributed by atoms with Crippen molar-refractivity contribution < 1.29 is 22.0 Å². The lowest BCUT2D eigenvalue weighted by Crippen LogP contribution is -2.39. The van der Waals surface area contributed by atoms with E-state index < -0.39 is 23.2 Å². The van der Waals surface area contributed by atoms with Gasteiger partial charge in [-0.1, -0.05) is 20.8 Å². The SMILES string of the molecule is CC(C)(C)C1=N[N]C(C(F)(F)C(F)(F)F)=C1. The molecule has 0 saturated carbocycles. The molecule has 1 aliphatic rings. The van der Waals surface area contributed by atoms with Gasteiger partial charge in [0, 0.05) is 5.41 Å². The zero-order valence-electron chi connectivity index (χ0n) is 8.86. The molecule has 1 aliphatic heterocycles. The summed E-state index contributed by atoms with van der Waals surface area (Å²) >= 11 is 0. The second-order valence-corrected chi connectivity index (χ2v) is 4.44. The van der Waals surface area contributed by atoms with Gasteiger partial charge in [-0.05, 0) is 6.08 Å². The molecule has 0 spiro atoms. The molecule has 0 aromatic rings. The zero-order valence-corrected chi connectivity index (χ0v) is 8.86. The van der Waals surface area contributed by atoms with Crippen molar-refractivity contribution in [1.82, 2.24) is 5.43 Å². The van der Waals surface area contributed by atoms with E-state index in [2.05, 4.69) is 10.5 Å². The molecule has 0 atom stereocenters. The summed E-state index contributed by atoms with van der Waals surface area (Å²) in [5.74, 6) is -4.95. The van der Waals surface area contributed by atoms with E-state index in [1.54, 1.807) is 20.8 Å². The molecule has 0 amide bonds. The van der Waals surface area contributed by atoms with Gasteiger partial charge < -0.3 is 0 Å². The third kappa shape index (κ3) is 2.17. The van der Waals surface area contributed by atoms with Crippen LogP contribution in [-0.4, -0.2) is 17.8 Å². The maximum atomic E-state index is 12.8. The number of rotatable bonds is 1. The summed E-state index contributed by atoms with van der Waals surface area (Å²) in [7, 11) is 0. The van der Waals surface area contributed by atoms with Gasteiger partial charge in [-0.25, -0.2) is 0 Å². The molecule has 7 heteroatoms. The fourth-order valence-corrected chi connectivity index (χ4v) is 0.960. The summed E-state index contributed by atoms with van der Waals surface area (Å²) in [4.78, 5) is 0. The Morgan fingerprint density at radius 3 is 1.81 bits per heavy atom. The molecule has 0 unspecified atom stereocenters. The summed E-state index contributed by atoms with van der Waals surface area (Å²) in [5.41, 5.74) is 1.03. The van der Waals surface area contributed by atoms with Crippen molar-refractivity contribution in [3.63, 3.8) is 0 Å². The Bertz CT molecular complexity index is 346. The number of hydrogen-bond acceptors (Lipinski definition) is 1. The standard InChI is InChI=1S/C9H10F5N2/c1-7(2,3)5-4-6(16-15-5)8(10,11)9(12,13)14/h4H,1-3H3. The Morgan fingerprint density at radius 2 is 1.50 bits per heavy atom. The molecule has 0 aromatic carbocycles. The van der Waals surface area contributed by atoms with Gasteiger partial charge in [0.2, 0.25) is 0 Å². The topological polar surface area (TPSA) is 26.5 Å². The van der Waals surface area contributed by atoms with Crippen LogP contribution in [0.3, 0.4) is 0 Å². The van der Waals surface area contributed by atoms with Crippen LogP contribution in [0.15, 0.2) is 16.9 Å². The van der Waals surface area contributed by atoms with Gasteiger partial charge in [0.25, 0.3) is 0 Å². The fourth-order valence-electron chi connectivity index (χ4n) is 0.960. The number of halogens is 5. The van der Waals surface area contributed by atoms with Crippen molar-refractivity contribution in [2.24, 2.45) is 10.5 Å². The van der Waals surface area contributed by atoms with Gasteiger partial charge in [0.1, 0.15) is 5.70 Å². The molecule has 91 valence electrons. The number of alkyl halides is 5. The lowest BCUT2D eigenvalue weighted by Gasteiger charge is -2.19. The minimum atomic E-state index is -5.65. The Kier molecular flexibility index (Phi) is 2.77. The monoisotopic (exact) mass is 241 g/mol. The van der Waals surface area contributed by atoms with Crippen LogP contribution in [0.4, 0.5) is 22.0 Å². The molecule has 0 aromatic heterocycles. The van der Waals surface area contributed by atoms with Gasteiger partial charge in [-0.15, -0.1) is 5.43 Å². The lowest BCUT2D eigenvalue weighted by atomic mass is 9.89. The summed E-state index contributed by atoms with van der Waals surface area (Å²) in [6.07, 6.45) is -4.96. The largest absolute Gasteiger partial charge is 0.459 e. The highest BCUT2D eigenvalue weighted by Gasteiger charge is 2.61. The van der Waals surface area contributed by atoms with E-state index in [1.807, 2.05) is 0 Å². The highest BCUT2D eigenvalue weighted by atomic mass is 19.4. The Labute approximate surface area is 89.2 Å². The molecule has 1 radical (unpaired) electrons. The molecule has 1 heterocycles. The van der Waals surface area contributed by atoms with Crippen LogP contribution in [0, 0.1) is 5.41 Å². The maximum Gasteiger partial charge on any atom is 0.459 e. The van der Waals surface area contributed by atoms with Crippen LogP contribution in [0.5, 0.6) is 0 Å². The Balaban J connectivity index is 2.98. The summed E-state index contributed by atoms with van der Waals surface area (Å²) < 4.78 is 61.7. The second kappa shape index (κ2) is 3.43. The lowest BCUT2D eigenvalue weighted by molar-refractivity contribution is -0.266. The molecular weight excluding hydrogens is 231 g/mol. The van der Waals surface area contributed by atoms with E-state index >= 15 is 0 Å². The predicted octanol–water partition coefficient (Wildman–Crippen LogP) is 3.09. The van der Waals surface area contributed by atoms with Crippen LogP contribution in [-0.2, 0) is 0 Å². The van der Waals surface area contributed by atoms with Crippen molar-refractivity contribution in [2.75, 3.05) is 0 Å². The molecule has 16 heavy (non-hydrogen) atoms. The van der Waals surface area contributed by atoms with Gasteiger partial charge in [-0.3, -0.25) is 0 Å². The molecule has 0 aliphatic carbocycles. The number of nitrogens with zero attached hydrogens (tertiary/aromatic N) is 2. The average molecular weight is 241 g/mol. The first-order valence-corrected chi connectivity index (χ1v) is 4.42. The first-order valence-electron chi connectivity index (χ1n) is 4.42. The average Bonchev–Trinajstić information content (AvgIpc) is 2.47. The van der Waals surface area contributed by atoms with Gasteiger partial charge in [0.15, 0.2) is 0 Å².